The second-order valence-corrected chi connectivity index (χ2v) is 6.92. The molecule has 0 amide bonds. The number of aryl methyl sites for hydroxylation is 1. The zero-order valence-corrected chi connectivity index (χ0v) is 15.1. The van der Waals surface area contributed by atoms with Crippen molar-refractivity contribution in [3.63, 3.8) is 0 Å². The molecule has 4 aromatic rings. The Hall–Kier alpha value is -2.94. The minimum absolute atomic E-state index is 0.101. The van der Waals surface area contributed by atoms with Crippen LogP contribution in [0.15, 0.2) is 29.6 Å². The Morgan fingerprint density at radius 3 is 3.15 bits per heavy atom. The van der Waals surface area contributed by atoms with Crippen LogP contribution >= 0.6 is 0 Å². The number of nitrogens with one attached hydrogen (secondary N) is 1. The van der Waals surface area contributed by atoms with E-state index in [2.05, 4.69) is 20.1 Å². The second kappa shape index (κ2) is 6.34. The molecule has 1 N–H and O–H groups in total. The SMILES string of the molecule is CCCn1c(=O)c2[nH]c(-c3cnn(CC4CCCO4)c3)nc2n2ccnc12. The first-order chi connectivity index (χ1) is 13.2. The molecule has 0 saturated carbocycles. The maximum atomic E-state index is 12.9. The molecule has 0 aromatic carbocycles. The Morgan fingerprint density at radius 1 is 1.41 bits per heavy atom. The molecule has 1 aliphatic rings. The third-order valence-corrected chi connectivity index (χ3v) is 5.00. The van der Waals surface area contributed by atoms with Gasteiger partial charge in [-0.25, -0.2) is 9.97 Å². The first kappa shape index (κ1) is 16.2. The third-order valence-electron chi connectivity index (χ3n) is 5.00. The molecule has 9 nitrogen and oxygen atoms in total. The molecule has 0 bridgehead atoms. The molecule has 0 radical (unpaired) electrons. The van der Waals surface area contributed by atoms with Gasteiger partial charge in [0.15, 0.2) is 11.2 Å². The molecule has 1 unspecified atom stereocenters. The van der Waals surface area contributed by atoms with Crippen molar-refractivity contribution >= 4 is 16.9 Å². The lowest BCUT2D eigenvalue weighted by molar-refractivity contribution is 0.0940. The molecule has 0 aliphatic carbocycles. The molecule has 4 aromatic heterocycles. The van der Waals surface area contributed by atoms with Gasteiger partial charge in [0, 0.05) is 31.7 Å². The van der Waals surface area contributed by atoms with Gasteiger partial charge in [0.1, 0.15) is 5.82 Å². The molecule has 1 atom stereocenters. The van der Waals surface area contributed by atoms with Crippen molar-refractivity contribution in [1.29, 1.82) is 0 Å². The van der Waals surface area contributed by atoms with Gasteiger partial charge in [0.2, 0.25) is 5.78 Å². The Balaban J connectivity index is 1.58. The zero-order valence-electron chi connectivity index (χ0n) is 15.1. The smallest absolute Gasteiger partial charge is 0.280 e. The number of imidazole rings is 2. The highest BCUT2D eigenvalue weighted by Crippen LogP contribution is 2.20. The highest BCUT2D eigenvalue weighted by molar-refractivity contribution is 5.77. The number of hydrogen-bond donors (Lipinski definition) is 1. The van der Waals surface area contributed by atoms with Crippen LogP contribution in [0, 0.1) is 0 Å². The van der Waals surface area contributed by atoms with Crippen LogP contribution in [-0.4, -0.2) is 46.4 Å². The summed E-state index contributed by atoms with van der Waals surface area (Å²) in [5.41, 5.74) is 1.81. The van der Waals surface area contributed by atoms with Gasteiger partial charge in [-0.2, -0.15) is 5.10 Å². The molecule has 1 saturated heterocycles. The largest absolute Gasteiger partial charge is 0.376 e. The number of fused-ring (bicyclic) bond motifs is 3. The van der Waals surface area contributed by atoms with E-state index < -0.39 is 0 Å². The highest BCUT2D eigenvalue weighted by atomic mass is 16.5. The van der Waals surface area contributed by atoms with Crippen molar-refractivity contribution in [1.82, 2.24) is 33.7 Å². The molecule has 1 fully saturated rings. The van der Waals surface area contributed by atoms with Crippen LogP contribution in [0.25, 0.3) is 28.3 Å². The van der Waals surface area contributed by atoms with Crippen LogP contribution in [0.5, 0.6) is 0 Å². The van der Waals surface area contributed by atoms with Crippen LogP contribution in [0.1, 0.15) is 26.2 Å². The van der Waals surface area contributed by atoms with Crippen molar-refractivity contribution < 1.29 is 4.74 Å². The third kappa shape index (κ3) is 2.66. The summed E-state index contributed by atoms with van der Waals surface area (Å²) in [6.07, 6.45) is 10.5. The molecule has 9 heteroatoms. The average molecular weight is 367 g/mol. The zero-order chi connectivity index (χ0) is 18.4. The fourth-order valence-electron chi connectivity index (χ4n) is 3.72. The van der Waals surface area contributed by atoms with E-state index >= 15 is 0 Å². The van der Waals surface area contributed by atoms with Crippen molar-refractivity contribution in [3.8, 4) is 11.4 Å². The Kier molecular flexibility index (Phi) is 3.82. The van der Waals surface area contributed by atoms with Crippen LogP contribution in [0.4, 0.5) is 0 Å². The minimum Gasteiger partial charge on any atom is -0.376 e. The first-order valence-corrected chi connectivity index (χ1v) is 9.34. The summed E-state index contributed by atoms with van der Waals surface area (Å²) in [6, 6.07) is 0. The lowest BCUT2D eigenvalue weighted by Gasteiger charge is -2.08. The molecular weight excluding hydrogens is 346 g/mol. The number of aromatic nitrogens is 7. The van der Waals surface area contributed by atoms with E-state index in [1.807, 2.05) is 28.4 Å². The Labute approximate surface area is 154 Å². The predicted molar refractivity (Wildman–Crippen MR) is 99.6 cm³/mol. The van der Waals surface area contributed by atoms with Crippen molar-refractivity contribution in [2.45, 2.75) is 45.4 Å². The molecule has 5 rings (SSSR count). The first-order valence-electron chi connectivity index (χ1n) is 9.34. The molecule has 5 heterocycles. The fraction of sp³-hybridized carbons (Fsp3) is 0.444. The molecule has 1 aliphatic heterocycles. The van der Waals surface area contributed by atoms with Gasteiger partial charge in [-0.1, -0.05) is 6.92 Å². The summed E-state index contributed by atoms with van der Waals surface area (Å²) in [5, 5.41) is 4.42. The quantitative estimate of drug-likeness (QED) is 0.581. The molecular formula is C18H21N7O2. The van der Waals surface area contributed by atoms with Gasteiger partial charge in [0.25, 0.3) is 5.56 Å². The fourth-order valence-corrected chi connectivity index (χ4v) is 3.72. The number of ether oxygens (including phenoxy) is 1. The monoisotopic (exact) mass is 367 g/mol. The van der Waals surface area contributed by atoms with E-state index in [4.69, 9.17) is 4.74 Å². The topological polar surface area (TPSA) is 95.0 Å². The number of H-pyrrole nitrogens is 1. The van der Waals surface area contributed by atoms with Crippen LogP contribution in [0.2, 0.25) is 0 Å². The summed E-state index contributed by atoms with van der Waals surface area (Å²) >= 11 is 0. The van der Waals surface area contributed by atoms with Gasteiger partial charge in [0.05, 0.1) is 24.4 Å². The van der Waals surface area contributed by atoms with E-state index in [0.29, 0.717) is 29.3 Å². The van der Waals surface area contributed by atoms with Crippen LogP contribution < -0.4 is 5.56 Å². The predicted octanol–water partition coefficient (Wildman–Crippen LogP) is 1.82. The van der Waals surface area contributed by atoms with E-state index in [9.17, 15) is 4.79 Å². The lowest BCUT2D eigenvalue weighted by atomic mass is 10.2. The molecule has 0 spiro atoms. The van der Waals surface area contributed by atoms with E-state index in [-0.39, 0.29) is 11.7 Å². The maximum absolute atomic E-state index is 12.9. The average Bonchev–Trinajstić information content (AvgIpc) is 3.44. The van der Waals surface area contributed by atoms with Crippen LogP contribution in [0.3, 0.4) is 0 Å². The summed E-state index contributed by atoms with van der Waals surface area (Å²) < 4.78 is 11.1. The minimum atomic E-state index is -0.101. The number of hydrogen-bond acceptors (Lipinski definition) is 5. The van der Waals surface area contributed by atoms with E-state index in [1.54, 1.807) is 17.0 Å². The van der Waals surface area contributed by atoms with Crippen molar-refractivity contribution in [2.24, 2.45) is 0 Å². The summed E-state index contributed by atoms with van der Waals surface area (Å²) in [7, 11) is 0. The molecule has 27 heavy (non-hydrogen) atoms. The lowest BCUT2D eigenvalue weighted by Crippen LogP contribution is -2.23. The van der Waals surface area contributed by atoms with Crippen molar-refractivity contribution in [3.05, 3.63) is 35.1 Å². The summed E-state index contributed by atoms with van der Waals surface area (Å²) in [4.78, 5) is 25.1. The highest BCUT2D eigenvalue weighted by Gasteiger charge is 2.19. The van der Waals surface area contributed by atoms with Gasteiger partial charge in [-0.05, 0) is 19.3 Å². The van der Waals surface area contributed by atoms with E-state index in [0.717, 1.165) is 38.0 Å². The standard InChI is InChI=1S/C18H21N7O2/c1-2-6-25-17(26)14-16(24-7-5-19-18(24)25)22-15(21-14)12-9-20-23(10-12)11-13-4-3-8-27-13/h5,7,9-10,13H,2-4,6,8,11H2,1H3,(H,21,22). The van der Waals surface area contributed by atoms with Gasteiger partial charge in [-0.15, -0.1) is 0 Å². The summed E-state index contributed by atoms with van der Waals surface area (Å²) in [6.45, 7) is 4.21. The maximum Gasteiger partial charge on any atom is 0.280 e. The Bertz CT molecular complexity index is 1160. The number of aromatic amines is 1. The van der Waals surface area contributed by atoms with Gasteiger partial charge in [-0.3, -0.25) is 18.4 Å². The number of nitrogens with zero attached hydrogens (tertiary/aromatic N) is 6. The number of rotatable bonds is 5. The Morgan fingerprint density at radius 2 is 2.33 bits per heavy atom. The van der Waals surface area contributed by atoms with Crippen LogP contribution in [-0.2, 0) is 17.8 Å². The van der Waals surface area contributed by atoms with Crippen molar-refractivity contribution in [2.75, 3.05) is 6.61 Å². The normalized spacial score (nSPS) is 17.4. The van der Waals surface area contributed by atoms with Gasteiger partial charge < -0.3 is 9.72 Å². The van der Waals surface area contributed by atoms with Gasteiger partial charge >= 0.3 is 0 Å². The molecule has 140 valence electrons. The summed E-state index contributed by atoms with van der Waals surface area (Å²) in [5.74, 6) is 1.24. The second-order valence-electron chi connectivity index (χ2n) is 6.92. The van der Waals surface area contributed by atoms with E-state index in [1.165, 1.54) is 0 Å².